The van der Waals surface area contributed by atoms with Crippen molar-refractivity contribution in [2.75, 3.05) is 0 Å². The van der Waals surface area contributed by atoms with E-state index in [4.69, 9.17) is 0 Å². The molecule has 124 valence electrons. The van der Waals surface area contributed by atoms with Crippen LogP contribution in [0.25, 0.3) is 27.8 Å². The molecule has 1 heterocycles. The second kappa shape index (κ2) is 5.93. The fourth-order valence-electron chi connectivity index (χ4n) is 3.54. The molecule has 0 spiro atoms. The first-order valence-corrected chi connectivity index (χ1v) is 8.81. The SMILES string of the molecule is CC(C)(C)c1ccccc1-n1c(-c2ccccc2)cc2ccccc21. The first kappa shape index (κ1) is 15.7. The van der Waals surface area contributed by atoms with E-state index in [1.165, 1.54) is 33.4 Å². The number of hydrogen-bond acceptors (Lipinski definition) is 0. The summed E-state index contributed by atoms with van der Waals surface area (Å²) in [5.74, 6) is 0. The largest absolute Gasteiger partial charge is 0.309 e. The Balaban J connectivity index is 2.09. The predicted molar refractivity (Wildman–Crippen MR) is 107 cm³/mol. The average Bonchev–Trinajstić information content (AvgIpc) is 3.01. The van der Waals surface area contributed by atoms with Gasteiger partial charge in [0.1, 0.15) is 0 Å². The van der Waals surface area contributed by atoms with Gasteiger partial charge in [-0.2, -0.15) is 0 Å². The van der Waals surface area contributed by atoms with Gasteiger partial charge in [-0.3, -0.25) is 0 Å². The third-order valence-corrected chi connectivity index (χ3v) is 4.73. The Labute approximate surface area is 149 Å². The van der Waals surface area contributed by atoms with Crippen LogP contribution in [0.15, 0.2) is 84.9 Å². The van der Waals surface area contributed by atoms with Gasteiger partial charge in [0.05, 0.1) is 11.2 Å². The summed E-state index contributed by atoms with van der Waals surface area (Å²) in [5.41, 5.74) is 6.41. The Kier molecular flexibility index (Phi) is 3.73. The molecule has 0 amide bonds. The molecule has 0 aliphatic rings. The van der Waals surface area contributed by atoms with Gasteiger partial charge >= 0.3 is 0 Å². The van der Waals surface area contributed by atoms with Crippen molar-refractivity contribution in [2.24, 2.45) is 0 Å². The third kappa shape index (κ3) is 2.76. The zero-order valence-corrected chi connectivity index (χ0v) is 15.0. The van der Waals surface area contributed by atoms with E-state index >= 15 is 0 Å². The Morgan fingerprint density at radius 2 is 1.32 bits per heavy atom. The van der Waals surface area contributed by atoms with E-state index in [0.29, 0.717) is 0 Å². The van der Waals surface area contributed by atoms with Crippen molar-refractivity contribution in [1.29, 1.82) is 0 Å². The van der Waals surface area contributed by atoms with Crippen LogP contribution in [0.4, 0.5) is 0 Å². The number of para-hydroxylation sites is 2. The molecule has 0 unspecified atom stereocenters. The first-order chi connectivity index (χ1) is 12.1. The molecular formula is C24H23N. The molecule has 1 aromatic heterocycles. The van der Waals surface area contributed by atoms with Crippen molar-refractivity contribution in [1.82, 2.24) is 4.57 Å². The molecule has 3 aromatic carbocycles. The Hall–Kier alpha value is -2.80. The quantitative estimate of drug-likeness (QED) is 0.391. The highest BCUT2D eigenvalue weighted by Gasteiger charge is 2.21. The van der Waals surface area contributed by atoms with E-state index in [9.17, 15) is 0 Å². The van der Waals surface area contributed by atoms with Gasteiger partial charge in [0.25, 0.3) is 0 Å². The van der Waals surface area contributed by atoms with Crippen molar-refractivity contribution in [3.05, 3.63) is 90.5 Å². The van der Waals surface area contributed by atoms with Crippen LogP contribution in [0.1, 0.15) is 26.3 Å². The van der Waals surface area contributed by atoms with Gasteiger partial charge in [-0.15, -0.1) is 0 Å². The molecule has 25 heavy (non-hydrogen) atoms. The van der Waals surface area contributed by atoms with Crippen molar-refractivity contribution in [3.8, 4) is 16.9 Å². The first-order valence-electron chi connectivity index (χ1n) is 8.81. The lowest BCUT2D eigenvalue weighted by Gasteiger charge is -2.25. The summed E-state index contributed by atoms with van der Waals surface area (Å²) in [6.45, 7) is 6.83. The molecule has 0 aliphatic carbocycles. The molecule has 1 heteroatoms. The molecular weight excluding hydrogens is 302 g/mol. The van der Waals surface area contributed by atoms with E-state index in [0.717, 1.165) is 0 Å². The van der Waals surface area contributed by atoms with Crippen LogP contribution in [0.2, 0.25) is 0 Å². The van der Waals surface area contributed by atoms with E-state index in [2.05, 4.69) is 110 Å². The average molecular weight is 325 g/mol. The summed E-state index contributed by atoms with van der Waals surface area (Å²) >= 11 is 0. The van der Waals surface area contributed by atoms with Crippen LogP contribution >= 0.6 is 0 Å². The maximum atomic E-state index is 2.41. The smallest absolute Gasteiger partial charge is 0.0541 e. The maximum absolute atomic E-state index is 2.41. The zero-order valence-electron chi connectivity index (χ0n) is 15.0. The number of aromatic nitrogens is 1. The summed E-state index contributed by atoms with van der Waals surface area (Å²) in [6, 6.07) is 30.3. The molecule has 0 N–H and O–H groups in total. The molecule has 4 aromatic rings. The number of nitrogens with zero attached hydrogens (tertiary/aromatic N) is 1. The Morgan fingerprint density at radius 1 is 0.680 bits per heavy atom. The molecule has 0 radical (unpaired) electrons. The van der Waals surface area contributed by atoms with Gasteiger partial charge in [-0.1, -0.05) is 87.5 Å². The summed E-state index contributed by atoms with van der Waals surface area (Å²) in [4.78, 5) is 0. The van der Waals surface area contributed by atoms with Gasteiger partial charge < -0.3 is 4.57 Å². The minimum atomic E-state index is 0.0793. The summed E-state index contributed by atoms with van der Waals surface area (Å²) < 4.78 is 2.41. The minimum absolute atomic E-state index is 0.0793. The number of benzene rings is 3. The number of fused-ring (bicyclic) bond motifs is 1. The van der Waals surface area contributed by atoms with Gasteiger partial charge in [0.15, 0.2) is 0 Å². The molecule has 0 saturated heterocycles. The molecule has 0 bridgehead atoms. The van der Waals surface area contributed by atoms with Gasteiger partial charge in [-0.25, -0.2) is 0 Å². The lowest BCUT2D eigenvalue weighted by molar-refractivity contribution is 0.587. The summed E-state index contributed by atoms with van der Waals surface area (Å²) in [5, 5.41) is 1.27. The van der Waals surface area contributed by atoms with Crippen molar-refractivity contribution in [2.45, 2.75) is 26.2 Å². The molecule has 1 nitrogen and oxygen atoms in total. The van der Waals surface area contributed by atoms with Crippen molar-refractivity contribution in [3.63, 3.8) is 0 Å². The van der Waals surface area contributed by atoms with Crippen LogP contribution in [0.3, 0.4) is 0 Å². The molecule has 0 fully saturated rings. The van der Waals surface area contributed by atoms with Crippen LogP contribution < -0.4 is 0 Å². The number of hydrogen-bond donors (Lipinski definition) is 0. The minimum Gasteiger partial charge on any atom is -0.309 e. The van der Waals surface area contributed by atoms with Crippen LogP contribution in [-0.2, 0) is 5.41 Å². The molecule has 0 saturated carbocycles. The Bertz CT molecular complexity index is 1020. The third-order valence-electron chi connectivity index (χ3n) is 4.73. The lowest BCUT2D eigenvalue weighted by atomic mass is 9.85. The van der Waals surface area contributed by atoms with E-state index in [1.54, 1.807) is 0 Å². The molecule has 4 rings (SSSR count). The second-order valence-electron chi connectivity index (χ2n) is 7.56. The maximum Gasteiger partial charge on any atom is 0.0541 e. The molecule has 0 aliphatic heterocycles. The van der Waals surface area contributed by atoms with Gasteiger partial charge in [-0.05, 0) is 34.7 Å². The number of rotatable bonds is 2. The predicted octanol–water partition coefficient (Wildman–Crippen LogP) is 6.60. The summed E-state index contributed by atoms with van der Waals surface area (Å²) in [6.07, 6.45) is 0. The van der Waals surface area contributed by atoms with Crippen molar-refractivity contribution >= 4 is 10.9 Å². The standard InChI is InChI=1S/C24H23N/c1-24(2,3)20-14-8-10-16-22(20)25-21-15-9-7-13-19(21)17-23(25)18-11-5-4-6-12-18/h4-17H,1-3H3. The fourth-order valence-corrected chi connectivity index (χ4v) is 3.54. The summed E-state index contributed by atoms with van der Waals surface area (Å²) in [7, 11) is 0. The monoisotopic (exact) mass is 325 g/mol. The van der Waals surface area contributed by atoms with Crippen molar-refractivity contribution < 1.29 is 0 Å². The highest BCUT2D eigenvalue weighted by Crippen LogP contribution is 2.36. The lowest BCUT2D eigenvalue weighted by Crippen LogP contribution is -2.15. The topological polar surface area (TPSA) is 4.93 Å². The van der Waals surface area contributed by atoms with E-state index < -0.39 is 0 Å². The highest BCUT2D eigenvalue weighted by atomic mass is 15.0. The fraction of sp³-hybridized carbons (Fsp3) is 0.167. The second-order valence-corrected chi connectivity index (χ2v) is 7.56. The van der Waals surface area contributed by atoms with Crippen LogP contribution in [-0.4, -0.2) is 4.57 Å². The Morgan fingerprint density at radius 3 is 2.08 bits per heavy atom. The van der Waals surface area contributed by atoms with E-state index in [-0.39, 0.29) is 5.41 Å². The van der Waals surface area contributed by atoms with Crippen LogP contribution in [0, 0.1) is 0 Å². The highest BCUT2D eigenvalue weighted by molar-refractivity contribution is 5.89. The zero-order chi connectivity index (χ0) is 17.4. The van der Waals surface area contributed by atoms with Crippen LogP contribution in [0.5, 0.6) is 0 Å². The van der Waals surface area contributed by atoms with Gasteiger partial charge in [0, 0.05) is 11.1 Å². The van der Waals surface area contributed by atoms with Gasteiger partial charge in [0.2, 0.25) is 0 Å². The normalized spacial score (nSPS) is 11.8. The van der Waals surface area contributed by atoms with E-state index in [1.807, 2.05) is 0 Å². The molecule has 0 atom stereocenters.